The van der Waals surface area contributed by atoms with Gasteiger partial charge in [0.15, 0.2) is 0 Å². The fourth-order valence-electron chi connectivity index (χ4n) is 2.52. The van der Waals surface area contributed by atoms with E-state index < -0.39 is 0 Å². The van der Waals surface area contributed by atoms with Gasteiger partial charge in [0.2, 0.25) is 0 Å². The fourth-order valence-corrected chi connectivity index (χ4v) is 2.52. The molecule has 0 radical (unpaired) electrons. The van der Waals surface area contributed by atoms with Crippen molar-refractivity contribution in [2.45, 2.75) is 6.92 Å². The van der Waals surface area contributed by atoms with Crippen LogP contribution < -0.4 is 4.74 Å². The van der Waals surface area contributed by atoms with E-state index in [1.807, 2.05) is 0 Å². The molecule has 0 atom stereocenters. The summed E-state index contributed by atoms with van der Waals surface area (Å²) in [6.07, 6.45) is 1.65. The van der Waals surface area contributed by atoms with Crippen LogP contribution in [0.3, 0.4) is 0 Å². The van der Waals surface area contributed by atoms with Crippen LogP contribution in [-0.2, 0) is 4.74 Å². The number of ether oxygens (including phenoxy) is 2. The molecule has 0 fully saturated rings. The van der Waals surface area contributed by atoms with Gasteiger partial charge in [-0.05, 0) is 49.4 Å². The summed E-state index contributed by atoms with van der Waals surface area (Å²) in [7, 11) is 1.55. The zero-order valence-electron chi connectivity index (χ0n) is 14.0. The van der Waals surface area contributed by atoms with Gasteiger partial charge in [-0.15, -0.1) is 0 Å². The first-order valence-corrected chi connectivity index (χ1v) is 7.83. The number of aromatic nitrogens is 2. The predicted molar refractivity (Wildman–Crippen MR) is 93.2 cm³/mol. The molecule has 3 rings (SSSR count). The minimum atomic E-state index is -0.359. The van der Waals surface area contributed by atoms with E-state index in [1.165, 1.54) is 0 Å². The first-order valence-electron chi connectivity index (χ1n) is 7.83. The predicted octanol–water partition coefficient (Wildman–Crippen LogP) is 3.43. The van der Waals surface area contributed by atoms with Crippen molar-refractivity contribution < 1.29 is 19.4 Å². The van der Waals surface area contributed by atoms with Crippen molar-refractivity contribution in [3.05, 3.63) is 60.3 Å². The van der Waals surface area contributed by atoms with E-state index in [9.17, 15) is 9.90 Å². The highest BCUT2D eigenvalue weighted by molar-refractivity contribution is 5.89. The third-order valence-electron chi connectivity index (χ3n) is 3.75. The lowest BCUT2D eigenvalue weighted by atomic mass is 10.1. The molecule has 0 saturated heterocycles. The van der Waals surface area contributed by atoms with Gasteiger partial charge in [0, 0.05) is 11.6 Å². The Labute approximate surface area is 145 Å². The zero-order valence-corrected chi connectivity index (χ0v) is 14.0. The SMILES string of the molecule is CCOC(=O)c1ccc(-n2nccc2-c2ccc(OC)cc2O)cc1. The molecule has 1 heterocycles. The molecule has 0 saturated carbocycles. The smallest absolute Gasteiger partial charge is 0.338 e. The maximum Gasteiger partial charge on any atom is 0.338 e. The second-order valence-corrected chi connectivity index (χ2v) is 5.28. The summed E-state index contributed by atoms with van der Waals surface area (Å²) >= 11 is 0. The van der Waals surface area contributed by atoms with Gasteiger partial charge in [-0.2, -0.15) is 5.10 Å². The van der Waals surface area contributed by atoms with Crippen molar-refractivity contribution in [3.8, 4) is 28.4 Å². The van der Waals surface area contributed by atoms with Crippen LogP contribution in [0.5, 0.6) is 11.5 Å². The molecule has 1 aromatic heterocycles. The van der Waals surface area contributed by atoms with Crippen molar-refractivity contribution >= 4 is 5.97 Å². The standard InChI is InChI=1S/C19H18N2O4/c1-3-25-19(23)13-4-6-14(7-5-13)21-17(10-11-20-21)16-9-8-15(24-2)12-18(16)22/h4-12,22H,3H2,1-2H3. The summed E-state index contributed by atoms with van der Waals surface area (Å²) in [6.45, 7) is 2.10. The molecule has 128 valence electrons. The number of aromatic hydroxyl groups is 1. The van der Waals surface area contributed by atoms with Gasteiger partial charge < -0.3 is 14.6 Å². The molecule has 0 aliphatic carbocycles. The molecular weight excluding hydrogens is 320 g/mol. The van der Waals surface area contributed by atoms with E-state index in [1.54, 1.807) is 73.4 Å². The van der Waals surface area contributed by atoms with Gasteiger partial charge in [0.25, 0.3) is 0 Å². The molecule has 2 aromatic carbocycles. The second-order valence-electron chi connectivity index (χ2n) is 5.28. The Morgan fingerprint density at radius 3 is 2.56 bits per heavy atom. The highest BCUT2D eigenvalue weighted by Crippen LogP contribution is 2.33. The van der Waals surface area contributed by atoms with Crippen LogP contribution in [0.1, 0.15) is 17.3 Å². The maximum atomic E-state index is 11.7. The minimum absolute atomic E-state index is 0.101. The summed E-state index contributed by atoms with van der Waals surface area (Å²) in [5, 5.41) is 14.6. The lowest BCUT2D eigenvalue weighted by molar-refractivity contribution is 0.0526. The number of nitrogens with zero attached hydrogens (tertiary/aromatic N) is 2. The Morgan fingerprint density at radius 1 is 1.16 bits per heavy atom. The third kappa shape index (κ3) is 3.33. The van der Waals surface area contributed by atoms with Crippen LogP contribution in [-0.4, -0.2) is 34.6 Å². The highest BCUT2D eigenvalue weighted by Gasteiger charge is 2.13. The Hall–Kier alpha value is -3.28. The van der Waals surface area contributed by atoms with Gasteiger partial charge in [-0.1, -0.05) is 0 Å². The van der Waals surface area contributed by atoms with Crippen LogP contribution in [0.25, 0.3) is 16.9 Å². The van der Waals surface area contributed by atoms with Crippen LogP contribution in [0, 0.1) is 0 Å². The van der Waals surface area contributed by atoms with Crippen molar-refractivity contribution in [3.63, 3.8) is 0 Å². The number of carbonyl (C=O) groups excluding carboxylic acids is 1. The maximum absolute atomic E-state index is 11.7. The van der Waals surface area contributed by atoms with Crippen molar-refractivity contribution in [1.29, 1.82) is 0 Å². The van der Waals surface area contributed by atoms with Crippen molar-refractivity contribution in [1.82, 2.24) is 9.78 Å². The number of hydrogen-bond acceptors (Lipinski definition) is 5. The second kappa shape index (κ2) is 7.09. The minimum Gasteiger partial charge on any atom is -0.507 e. The first-order chi connectivity index (χ1) is 12.1. The normalized spacial score (nSPS) is 10.5. The fraction of sp³-hybridized carbons (Fsp3) is 0.158. The summed E-state index contributed by atoms with van der Waals surface area (Å²) in [5.41, 5.74) is 2.60. The molecule has 3 aromatic rings. The molecular formula is C19H18N2O4. The number of methoxy groups -OCH3 is 1. The average Bonchev–Trinajstić information content (AvgIpc) is 3.11. The third-order valence-corrected chi connectivity index (χ3v) is 3.75. The summed E-state index contributed by atoms with van der Waals surface area (Å²) in [6, 6.07) is 13.8. The molecule has 0 aliphatic heterocycles. The Kier molecular flexibility index (Phi) is 4.70. The Bertz CT molecular complexity index is 885. The van der Waals surface area contributed by atoms with Gasteiger partial charge in [-0.25, -0.2) is 9.48 Å². The molecule has 6 nitrogen and oxygen atoms in total. The Morgan fingerprint density at radius 2 is 1.92 bits per heavy atom. The summed E-state index contributed by atoms with van der Waals surface area (Å²) < 4.78 is 11.8. The molecule has 25 heavy (non-hydrogen) atoms. The van der Waals surface area contributed by atoms with Gasteiger partial charge in [0.1, 0.15) is 11.5 Å². The van der Waals surface area contributed by atoms with Crippen LogP contribution in [0.2, 0.25) is 0 Å². The first kappa shape index (κ1) is 16.6. The van der Waals surface area contributed by atoms with Crippen molar-refractivity contribution in [2.75, 3.05) is 13.7 Å². The molecule has 0 unspecified atom stereocenters. The lowest BCUT2D eigenvalue weighted by Gasteiger charge is -2.11. The topological polar surface area (TPSA) is 73.6 Å². The lowest BCUT2D eigenvalue weighted by Crippen LogP contribution is -2.05. The van der Waals surface area contributed by atoms with Crippen LogP contribution >= 0.6 is 0 Å². The van der Waals surface area contributed by atoms with E-state index in [0.29, 0.717) is 23.5 Å². The molecule has 0 bridgehead atoms. The zero-order chi connectivity index (χ0) is 17.8. The number of phenols is 1. The number of carbonyl (C=O) groups is 1. The van der Waals surface area contributed by atoms with Gasteiger partial charge >= 0.3 is 5.97 Å². The summed E-state index contributed by atoms with van der Waals surface area (Å²) in [4.78, 5) is 11.7. The van der Waals surface area contributed by atoms with E-state index in [0.717, 1.165) is 11.4 Å². The quantitative estimate of drug-likeness (QED) is 0.722. The Balaban J connectivity index is 1.95. The van der Waals surface area contributed by atoms with Crippen LogP contribution in [0.4, 0.5) is 0 Å². The average molecular weight is 338 g/mol. The molecule has 6 heteroatoms. The van der Waals surface area contributed by atoms with Crippen molar-refractivity contribution in [2.24, 2.45) is 0 Å². The highest BCUT2D eigenvalue weighted by atomic mass is 16.5. The van der Waals surface area contributed by atoms with Crippen LogP contribution in [0.15, 0.2) is 54.7 Å². The number of esters is 1. The molecule has 1 N–H and O–H groups in total. The van der Waals surface area contributed by atoms with Gasteiger partial charge in [-0.3, -0.25) is 0 Å². The molecule has 0 aliphatic rings. The monoisotopic (exact) mass is 338 g/mol. The van der Waals surface area contributed by atoms with E-state index in [2.05, 4.69) is 5.10 Å². The molecule has 0 spiro atoms. The number of rotatable bonds is 5. The van der Waals surface area contributed by atoms with E-state index >= 15 is 0 Å². The summed E-state index contributed by atoms with van der Waals surface area (Å²) in [5.74, 6) is 0.317. The van der Waals surface area contributed by atoms with Gasteiger partial charge in [0.05, 0.1) is 36.9 Å². The number of benzene rings is 2. The largest absolute Gasteiger partial charge is 0.507 e. The number of hydrogen-bond donors (Lipinski definition) is 1. The number of phenolic OH excluding ortho intramolecular Hbond substituents is 1. The van der Waals surface area contributed by atoms with E-state index in [4.69, 9.17) is 9.47 Å². The molecule has 0 amide bonds. The van der Waals surface area contributed by atoms with E-state index in [-0.39, 0.29) is 11.7 Å².